The van der Waals surface area contributed by atoms with Crippen molar-refractivity contribution in [1.82, 2.24) is 14.4 Å². The van der Waals surface area contributed by atoms with Gasteiger partial charge in [-0.2, -0.15) is 0 Å². The smallest absolute Gasteiger partial charge is 0.0900 e. The van der Waals surface area contributed by atoms with E-state index in [-0.39, 0.29) is 5.41 Å². The number of ether oxygens (including phenoxy) is 2. The van der Waals surface area contributed by atoms with Crippen molar-refractivity contribution >= 4 is 0 Å². The van der Waals surface area contributed by atoms with Crippen molar-refractivity contribution in [1.29, 1.82) is 0 Å². The minimum Gasteiger partial charge on any atom is -0.389 e. The summed E-state index contributed by atoms with van der Waals surface area (Å²) in [6.07, 6.45) is 1.61. The van der Waals surface area contributed by atoms with E-state index >= 15 is 0 Å². The van der Waals surface area contributed by atoms with E-state index in [1.165, 1.54) is 16.8 Å². The van der Waals surface area contributed by atoms with Gasteiger partial charge in [-0.1, -0.05) is 75.4 Å². The lowest BCUT2D eigenvalue weighted by Gasteiger charge is -2.31. The molecular weight excluding hydrogens is 474 g/mol. The molecule has 0 radical (unpaired) electrons. The molecule has 0 bridgehead atoms. The molecule has 4 rings (SSSR count). The largest absolute Gasteiger partial charge is 0.389 e. The lowest BCUT2D eigenvalue weighted by atomic mass is 9.87. The Morgan fingerprint density at radius 3 is 2.39 bits per heavy atom. The normalized spacial score (nSPS) is 15.7. The number of morpholine rings is 1. The van der Waals surface area contributed by atoms with Crippen LogP contribution in [0.4, 0.5) is 0 Å². The first kappa shape index (κ1) is 28.5. The summed E-state index contributed by atoms with van der Waals surface area (Å²) in [6.45, 7) is 15.2. The molecule has 1 saturated heterocycles. The van der Waals surface area contributed by atoms with E-state index in [4.69, 9.17) is 9.47 Å². The van der Waals surface area contributed by atoms with Crippen molar-refractivity contribution in [3.8, 4) is 0 Å². The van der Waals surface area contributed by atoms with Crippen LogP contribution in [-0.4, -0.2) is 78.1 Å². The number of aliphatic hydroxyl groups is 1. The molecule has 3 aromatic rings. The highest BCUT2D eigenvalue weighted by molar-refractivity contribution is 5.28. The Balaban J connectivity index is 1.36. The number of hydrogen-bond acceptors (Lipinski definition) is 5. The lowest BCUT2D eigenvalue weighted by molar-refractivity contribution is 0.00176. The van der Waals surface area contributed by atoms with E-state index in [1.54, 1.807) is 0 Å². The zero-order chi connectivity index (χ0) is 26.8. The Hall–Kier alpha value is -2.48. The van der Waals surface area contributed by atoms with Crippen LogP contribution < -0.4 is 0 Å². The molecule has 206 valence electrons. The minimum absolute atomic E-state index is 0.157. The van der Waals surface area contributed by atoms with Gasteiger partial charge in [-0.3, -0.25) is 9.80 Å². The summed E-state index contributed by atoms with van der Waals surface area (Å²) in [5.74, 6) is 0. The summed E-state index contributed by atoms with van der Waals surface area (Å²) in [5.41, 5.74) is 5.18. The van der Waals surface area contributed by atoms with E-state index < -0.39 is 6.10 Å². The fourth-order valence-electron chi connectivity index (χ4n) is 4.86. The monoisotopic (exact) mass is 519 g/mol. The van der Waals surface area contributed by atoms with Crippen LogP contribution in [0.5, 0.6) is 0 Å². The molecule has 1 atom stereocenters. The predicted molar refractivity (Wildman–Crippen MR) is 153 cm³/mol. The van der Waals surface area contributed by atoms with Gasteiger partial charge in [0.1, 0.15) is 0 Å². The van der Waals surface area contributed by atoms with Gasteiger partial charge in [0, 0.05) is 57.7 Å². The minimum atomic E-state index is -0.545. The first-order chi connectivity index (χ1) is 18.4. The molecule has 38 heavy (non-hydrogen) atoms. The highest BCUT2D eigenvalue weighted by Gasteiger charge is 2.18. The summed E-state index contributed by atoms with van der Waals surface area (Å²) in [5, 5.41) is 10.9. The van der Waals surface area contributed by atoms with E-state index in [0.717, 1.165) is 58.0 Å². The van der Waals surface area contributed by atoms with E-state index in [0.29, 0.717) is 19.8 Å². The summed E-state index contributed by atoms with van der Waals surface area (Å²) >= 11 is 0. The zero-order valence-electron chi connectivity index (χ0n) is 23.4. The van der Waals surface area contributed by atoms with Crippen molar-refractivity contribution in [2.24, 2.45) is 0 Å². The van der Waals surface area contributed by atoms with Gasteiger partial charge in [0.05, 0.1) is 32.5 Å². The van der Waals surface area contributed by atoms with Crippen LogP contribution in [0.15, 0.2) is 72.9 Å². The molecule has 1 N–H and O–H groups in total. The number of rotatable bonds is 13. The number of aromatic nitrogens is 1. The third-order valence-electron chi connectivity index (χ3n) is 7.21. The highest BCUT2D eigenvalue weighted by atomic mass is 16.5. The molecule has 0 amide bonds. The zero-order valence-corrected chi connectivity index (χ0v) is 23.4. The van der Waals surface area contributed by atoms with Crippen molar-refractivity contribution < 1.29 is 14.6 Å². The summed E-state index contributed by atoms with van der Waals surface area (Å²) in [6, 6.07) is 23.4. The molecule has 0 aliphatic carbocycles. The number of aliphatic hydroxyl groups excluding tert-OH is 1. The van der Waals surface area contributed by atoms with Crippen LogP contribution in [0.25, 0.3) is 0 Å². The molecule has 1 aromatic heterocycles. The van der Waals surface area contributed by atoms with E-state index in [1.807, 2.05) is 30.3 Å². The average Bonchev–Trinajstić information content (AvgIpc) is 3.34. The topological polar surface area (TPSA) is 50.1 Å². The third kappa shape index (κ3) is 9.07. The SMILES string of the molecule is CC(C)(C)c1ccc(Cn2cccc2CN(CCN2CCOCC2)CC(O)COCc2ccccc2)cc1. The summed E-state index contributed by atoms with van der Waals surface area (Å²) < 4.78 is 13.7. The van der Waals surface area contributed by atoms with Crippen LogP contribution in [0.1, 0.15) is 43.2 Å². The molecule has 1 fully saturated rings. The first-order valence-corrected chi connectivity index (χ1v) is 13.9. The predicted octanol–water partition coefficient (Wildman–Crippen LogP) is 4.55. The fourth-order valence-corrected chi connectivity index (χ4v) is 4.86. The Bertz CT molecular complexity index is 1070. The van der Waals surface area contributed by atoms with Crippen molar-refractivity contribution in [3.05, 3.63) is 95.3 Å². The molecule has 0 saturated carbocycles. The molecule has 1 aliphatic heterocycles. The van der Waals surface area contributed by atoms with Crippen LogP contribution in [0, 0.1) is 0 Å². The van der Waals surface area contributed by atoms with Crippen LogP contribution in [0.3, 0.4) is 0 Å². The van der Waals surface area contributed by atoms with Gasteiger partial charge in [-0.05, 0) is 34.2 Å². The van der Waals surface area contributed by atoms with Crippen LogP contribution in [0.2, 0.25) is 0 Å². The van der Waals surface area contributed by atoms with E-state index in [9.17, 15) is 5.11 Å². The van der Waals surface area contributed by atoms with Gasteiger partial charge in [-0.25, -0.2) is 0 Å². The molecule has 0 spiro atoms. The quantitative estimate of drug-likeness (QED) is 0.359. The lowest BCUT2D eigenvalue weighted by Crippen LogP contribution is -2.43. The maximum absolute atomic E-state index is 10.9. The van der Waals surface area contributed by atoms with Gasteiger partial charge in [0.2, 0.25) is 0 Å². The number of nitrogens with zero attached hydrogens (tertiary/aromatic N) is 3. The summed E-state index contributed by atoms with van der Waals surface area (Å²) in [7, 11) is 0. The molecule has 6 heteroatoms. The molecule has 2 heterocycles. The second-order valence-electron chi connectivity index (χ2n) is 11.4. The second kappa shape index (κ2) is 14.1. The van der Waals surface area contributed by atoms with Crippen molar-refractivity contribution in [3.63, 3.8) is 0 Å². The van der Waals surface area contributed by atoms with Gasteiger partial charge in [-0.15, -0.1) is 0 Å². The van der Waals surface area contributed by atoms with Crippen molar-refractivity contribution in [2.45, 2.75) is 52.0 Å². The standard InChI is InChI=1S/C32H45N3O3/c1-32(2,3)29-13-11-27(12-14-29)22-35-15-7-10-30(35)23-34(17-16-33-18-20-37-21-19-33)24-31(36)26-38-25-28-8-5-4-6-9-28/h4-15,31,36H,16-26H2,1-3H3. The summed E-state index contributed by atoms with van der Waals surface area (Å²) in [4.78, 5) is 4.81. The Labute approximate surface area is 228 Å². The average molecular weight is 520 g/mol. The molecule has 2 aromatic carbocycles. The maximum Gasteiger partial charge on any atom is 0.0900 e. The van der Waals surface area contributed by atoms with Crippen LogP contribution >= 0.6 is 0 Å². The maximum atomic E-state index is 10.9. The van der Waals surface area contributed by atoms with E-state index in [2.05, 4.69) is 77.7 Å². The van der Waals surface area contributed by atoms with Gasteiger partial charge >= 0.3 is 0 Å². The molecule has 1 unspecified atom stereocenters. The molecular formula is C32H45N3O3. The Morgan fingerprint density at radius 1 is 0.947 bits per heavy atom. The van der Waals surface area contributed by atoms with Crippen LogP contribution in [-0.2, 0) is 34.6 Å². The highest BCUT2D eigenvalue weighted by Crippen LogP contribution is 2.22. The van der Waals surface area contributed by atoms with Gasteiger partial charge in [0.25, 0.3) is 0 Å². The molecule has 6 nitrogen and oxygen atoms in total. The van der Waals surface area contributed by atoms with Crippen molar-refractivity contribution in [2.75, 3.05) is 52.5 Å². The molecule has 1 aliphatic rings. The second-order valence-corrected chi connectivity index (χ2v) is 11.4. The third-order valence-corrected chi connectivity index (χ3v) is 7.21. The first-order valence-electron chi connectivity index (χ1n) is 13.9. The fraction of sp³-hybridized carbons (Fsp3) is 0.500. The Morgan fingerprint density at radius 2 is 1.68 bits per heavy atom. The Kier molecular flexibility index (Phi) is 10.6. The van der Waals surface area contributed by atoms with Gasteiger partial charge in [0.15, 0.2) is 0 Å². The number of hydrogen-bond donors (Lipinski definition) is 1. The van der Waals surface area contributed by atoms with Gasteiger partial charge < -0.3 is 19.1 Å². The number of benzene rings is 2.